The number of nitrogen functional groups attached to an aromatic ring is 1. The number of hydrogen-bond acceptors (Lipinski definition) is 3. The minimum atomic E-state index is 0.696. The highest BCUT2D eigenvalue weighted by molar-refractivity contribution is 5.90. The zero-order valence-corrected chi connectivity index (χ0v) is 10.8. The van der Waals surface area contributed by atoms with Crippen molar-refractivity contribution in [1.29, 1.82) is 0 Å². The van der Waals surface area contributed by atoms with E-state index in [9.17, 15) is 0 Å². The van der Waals surface area contributed by atoms with E-state index in [1.807, 2.05) is 12.1 Å². The maximum atomic E-state index is 5.99. The first-order valence-electron chi connectivity index (χ1n) is 6.23. The highest BCUT2D eigenvalue weighted by Gasteiger charge is 2.03. The lowest BCUT2D eigenvalue weighted by atomic mass is 10.2. The standard InChI is InChI=1S/C14H20N2O2/c1-17-9-3-10-18-11-8-16-7-6-12-4-2-5-13(15)14(12)16/h2,4-7H,3,8-11,15H2,1H3. The molecule has 1 aromatic carbocycles. The van der Waals surface area contributed by atoms with E-state index in [-0.39, 0.29) is 0 Å². The van der Waals surface area contributed by atoms with Gasteiger partial charge in [0.25, 0.3) is 0 Å². The summed E-state index contributed by atoms with van der Waals surface area (Å²) in [6.07, 6.45) is 2.99. The number of methoxy groups -OCH3 is 1. The van der Waals surface area contributed by atoms with Crippen LogP contribution < -0.4 is 5.73 Å². The van der Waals surface area contributed by atoms with Gasteiger partial charge in [0.1, 0.15) is 0 Å². The second kappa shape index (κ2) is 6.42. The molecule has 4 nitrogen and oxygen atoms in total. The molecule has 0 saturated heterocycles. The van der Waals surface area contributed by atoms with Gasteiger partial charge in [0, 0.05) is 38.5 Å². The second-order valence-corrected chi connectivity index (χ2v) is 4.25. The molecule has 0 bridgehead atoms. The van der Waals surface area contributed by atoms with Crippen molar-refractivity contribution < 1.29 is 9.47 Å². The monoisotopic (exact) mass is 248 g/mol. The fourth-order valence-corrected chi connectivity index (χ4v) is 2.05. The molecule has 2 rings (SSSR count). The van der Waals surface area contributed by atoms with Crippen molar-refractivity contribution in [3.8, 4) is 0 Å². The molecule has 0 radical (unpaired) electrons. The van der Waals surface area contributed by atoms with E-state index < -0.39 is 0 Å². The third-order valence-electron chi connectivity index (χ3n) is 2.93. The Hall–Kier alpha value is -1.52. The topological polar surface area (TPSA) is 49.4 Å². The number of nitrogens with two attached hydrogens (primary N) is 1. The molecule has 0 fully saturated rings. The highest BCUT2D eigenvalue weighted by atomic mass is 16.5. The molecule has 4 heteroatoms. The third-order valence-corrected chi connectivity index (χ3v) is 2.93. The fourth-order valence-electron chi connectivity index (χ4n) is 2.05. The molecule has 2 aromatic rings. The lowest BCUT2D eigenvalue weighted by molar-refractivity contribution is 0.0982. The van der Waals surface area contributed by atoms with Crippen LogP contribution in [-0.4, -0.2) is 31.5 Å². The van der Waals surface area contributed by atoms with Gasteiger partial charge in [-0.15, -0.1) is 0 Å². The van der Waals surface area contributed by atoms with Crippen molar-refractivity contribution in [2.75, 3.05) is 32.7 Å². The van der Waals surface area contributed by atoms with E-state index in [1.54, 1.807) is 7.11 Å². The number of para-hydroxylation sites is 1. The summed E-state index contributed by atoms with van der Waals surface area (Å²) in [5.41, 5.74) is 7.91. The molecule has 0 spiro atoms. The smallest absolute Gasteiger partial charge is 0.0714 e. The highest BCUT2D eigenvalue weighted by Crippen LogP contribution is 2.21. The van der Waals surface area contributed by atoms with Crippen molar-refractivity contribution in [3.63, 3.8) is 0 Å². The zero-order chi connectivity index (χ0) is 12.8. The molecule has 0 unspecified atom stereocenters. The van der Waals surface area contributed by atoms with Crippen LogP contribution in [0, 0.1) is 0 Å². The van der Waals surface area contributed by atoms with E-state index in [0.717, 1.165) is 37.4 Å². The Morgan fingerprint density at radius 2 is 2.06 bits per heavy atom. The summed E-state index contributed by atoms with van der Waals surface area (Å²) < 4.78 is 12.7. The SMILES string of the molecule is COCCCOCCn1ccc2cccc(N)c21. The molecule has 1 aromatic heterocycles. The molecule has 0 aliphatic heterocycles. The summed E-state index contributed by atoms with van der Waals surface area (Å²) in [7, 11) is 1.70. The molecule has 0 atom stereocenters. The van der Waals surface area contributed by atoms with Crippen molar-refractivity contribution in [3.05, 3.63) is 30.5 Å². The first-order chi connectivity index (χ1) is 8.83. The van der Waals surface area contributed by atoms with Gasteiger partial charge in [-0.05, 0) is 18.6 Å². The molecule has 0 aliphatic rings. The van der Waals surface area contributed by atoms with Gasteiger partial charge in [0.15, 0.2) is 0 Å². The van der Waals surface area contributed by atoms with Gasteiger partial charge < -0.3 is 19.8 Å². The quantitative estimate of drug-likeness (QED) is 0.604. The number of ether oxygens (including phenoxy) is 2. The number of nitrogens with zero attached hydrogens (tertiary/aromatic N) is 1. The van der Waals surface area contributed by atoms with E-state index in [1.165, 1.54) is 5.39 Å². The van der Waals surface area contributed by atoms with Crippen LogP contribution in [0.15, 0.2) is 30.5 Å². The number of rotatable bonds is 7. The van der Waals surface area contributed by atoms with Gasteiger partial charge >= 0.3 is 0 Å². The largest absolute Gasteiger partial charge is 0.397 e. The van der Waals surface area contributed by atoms with Crippen molar-refractivity contribution in [1.82, 2.24) is 4.57 Å². The van der Waals surface area contributed by atoms with Gasteiger partial charge in [0.05, 0.1) is 17.8 Å². The Kier molecular flexibility index (Phi) is 4.61. The number of anilines is 1. The average molecular weight is 248 g/mol. The molecular weight excluding hydrogens is 228 g/mol. The third kappa shape index (κ3) is 3.03. The van der Waals surface area contributed by atoms with Crippen molar-refractivity contribution in [2.24, 2.45) is 0 Å². The minimum Gasteiger partial charge on any atom is -0.397 e. The van der Waals surface area contributed by atoms with E-state index in [2.05, 4.69) is 22.9 Å². The summed E-state index contributed by atoms with van der Waals surface area (Å²) in [5.74, 6) is 0. The number of benzene rings is 1. The molecular formula is C14H20N2O2. The summed E-state index contributed by atoms with van der Waals surface area (Å²) in [6.45, 7) is 3.01. The van der Waals surface area contributed by atoms with Crippen molar-refractivity contribution in [2.45, 2.75) is 13.0 Å². The van der Waals surface area contributed by atoms with Crippen LogP contribution >= 0.6 is 0 Å². The fraction of sp³-hybridized carbons (Fsp3) is 0.429. The van der Waals surface area contributed by atoms with Crippen LogP contribution in [0.5, 0.6) is 0 Å². The Morgan fingerprint density at radius 1 is 1.17 bits per heavy atom. The molecule has 98 valence electrons. The predicted molar refractivity (Wildman–Crippen MR) is 73.7 cm³/mol. The number of aromatic nitrogens is 1. The summed E-state index contributed by atoms with van der Waals surface area (Å²) in [4.78, 5) is 0. The molecule has 0 amide bonds. The number of hydrogen-bond donors (Lipinski definition) is 1. The second-order valence-electron chi connectivity index (χ2n) is 4.25. The Balaban J connectivity index is 1.88. The predicted octanol–water partition coefficient (Wildman–Crippen LogP) is 2.28. The first kappa shape index (κ1) is 12.9. The summed E-state index contributed by atoms with van der Waals surface area (Å²) >= 11 is 0. The van der Waals surface area contributed by atoms with E-state index in [4.69, 9.17) is 15.2 Å². The molecule has 18 heavy (non-hydrogen) atoms. The first-order valence-corrected chi connectivity index (χ1v) is 6.23. The van der Waals surface area contributed by atoms with Crippen LogP contribution in [0.25, 0.3) is 10.9 Å². The van der Waals surface area contributed by atoms with E-state index in [0.29, 0.717) is 6.61 Å². The van der Waals surface area contributed by atoms with Gasteiger partial charge in [-0.3, -0.25) is 0 Å². The van der Waals surface area contributed by atoms with E-state index >= 15 is 0 Å². The lowest BCUT2D eigenvalue weighted by Gasteiger charge is -2.08. The average Bonchev–Trinajstić information content (AvgIpc) is 2.78. The molecule has 2 N–H and O–H groups in total. The van der Waals surface area contributed by atoms with Gasteiger partial charge in [-0.1, -0.05) is 12.1 Å². The van der Waals surface area contributed by atoms with Gasteiger partial charge in [0.2, 0.25) is 0 Å². The maximum absolute atomic E-state index is 5.99. The summed E-state index contributed by atoms with van der Waals surface area (Å²) in [5, 5.41) is 1.18. The molecule has 0 saturated carbocycles. The van der Waals surface area contributed by atoms with Crippen LogP contribution in [0.2, 0.25) is 0 Å². The Labute approximate surface area is 107 Å². The van der Waals surface area contributed by atoms with Gasteiger partial charge in [-0.2, -0.15) is 0 Å². The minimum absolute atomic E-state index is 0.696. The van der Waals surface area contributed by atoms with Crippen LogP contribution in [0.1, 0.15) is 6.42 Å². The normalized spacial score (nSPS) is 11.2. The van der Waals surface area contributed by atoms with Crippen molar-refractivity contribution >= 4 is 16.6 Å². The Morgan fingerprint density at radius 3 is 2.89 bits per heavy atom. The maximum Gasteiger partial charge on any atom is 0.0714 e. The zero-order valence-electron chi connectivity index (χ0n) is 10.8. The molecule has 0 aliphatic carbocycles. The van der Waals surface area contributed by atoms with Crippen LogP contribution in [-0.2, 0) is 16.0 Å². The summed E-state index contributed by atoms with van der Waals surface area (Å²) in [6, 6.07) is 8.06. The Bertz CT molecular complexity index is 493. The number of fused-ring (bicyclic) bond motifs is 1. The van der Waals surface area contributed by atoms with Crippen LogP contribution in [0.3, 0.4) is 0 Å². The van der Waals surface area contributed by atoms with Gasteiger partial charge in [-0.25, -0.2) is 0 Å². The van der Waals surface area contributed by atoms with Crippen LogP contribution in [0.4, 0.5) is 5.69 Å². The molecule has 1 heterocycles. The lowest BCUT2D eigenvalue weighted by Crippen LogP contribution is -2.07.